The van der Waals surface area contributed by atoms with Crippen molar-refractivity contribution in [1.82, 2.24) is 5.32 Å². The highest BCUT2D eigenvalue weighted by Crippen LogP contribution is 2.19. The van der Waals surface area contributed by atoms with E-state index in [0.29, 0.717) is 17.7 Å². The molecule has 1 aromatic carbocycles. The molecule has 0 saturated carbocycles. The van der Waals surface area contributed by atoms with Crippen molar-refractivity contribution in [3.05, 3.63) is 35.1 Å². The first-order chi connectivity index (χ1) is 7.91. The SMILES string of the molecule is Cc1cc(C(O)C(C)NCC(C)O)ccc1F. The van der Waals surface area contributed by atoms with Crippen LogP contribution in [0.3, 0.4) is 0 Å². The van der Waals surface area contributed by atoms with Crippen LogP contribution >= 0.6 is 0 Å². The number of benzene rings is 1. The highest BCUT2D eigenvalue weighted by atomic mass is 19.1. The number of nitrogens with one attached hydrogen (secondary N) is 1. The number of aliphatic hydroxyl groups is 2. The van der Waals surface area contributed by atoms with Crippen LogP contribution < -0.4 is 5.32 Å². The molecule has 4 heteroatoms. The average Bonchev–Trinajstić information content (AvgIpc) is 2.28. The third-order valence-corrected chi connectivity index (χ3v) is 2.73. The zero-order chi connectivity index (χ0) is 13.0. The monoisotopic (exact) mass is 241 g/mol. The first-order valence-corrected chi connectivity index (χ1v) is 5.77. The van der Waals surface area contributed by atoms with E-state index in [1.807, 2.05) is 6.92 Å². The Hall–Kier alpha value is -0.970. The van der Waals surface area contributed by atoms with E-state index in [4.69, 9.17) is 5.11 Å². The van der Waals surface area contributed by atoms with Crippen LogP contribution in [0.2, 0.25) is 0 Å². The Morgan fingerprint density at radius 2 is 1.94 bits per heavy atom. The lowest BCUT2D eigenvalue weighted by molar-refractivity contribution is 0.121. The molecule has 3 nitrogen and oxygen atoms in total. The Bertz CT molecular complexity index is 368. The largest absolute Gasteiger partial charge is 0.392 e. The molecule has 0 radical (unpaired) electrons. The number of rotatable bonds is 5. The first kappa shape index (κ1) is 14.1. The quantitative estimate of drug-likeness (QED) is 0.732. The second-order valence-corrected chi connectivity index (χ2v) is 4.50. The van der Waals surface area contributed by atoms with E-state index >= 15 is 0 Å². The minimum Gasteiger partial charge on any atom is -0.392 e. The van der Waals surface area contributed by atoms with Gasteiger partial charge in [-0.3, -0.25) is 0 Å². The minimum absolute atomic E-state index is 0.200. The van der Waals surface area contributed by atoms with Crippen LogP contribution in [0.1, 0.15) is 31.1 Å². The molecule has 96 valence electrons. The summed E-state index contributed by atoms with van der Waals surface area (Å²) in [6, 6.07) is 4.37. The molecule has 0 aromatic heterocycles. The van der Waals surface area contributed by atoms with E-state index < -0.39 is 12.2 Å². The van der Waals surface area contributed by atoms with E-state index in [1.165, 1.54) is 6.07 Å². The van der Waals surface area contributed by atoms with Gasteiger partial charge in [-0.1, -0.05) is 12.1 Å². The molecule has 3 atom stereocenters. The number of aliphatic hydroxyl groups excluding tert-OH is 2. The predicted molar refractivity (Wildman–Crippen MR) is 65.2 cm³/mol. The minimum atomic E-state index is -0.715. The van der Waals surface area contributed by atoms with Gasteiger partial charge in [0.1, 0.15) is 5.82 Å². The summed E-state index contributed by atoms with van der Waals surface area (Å²) in [6.07, 6.45) is -1.17. The average molecular weight is 241 g/mol. The van der Waals surface area contributed by atoms with Crippen LogP contribution in [0, 0.1) is 12.7 Å². The van der Waals surface area contributed by atoms with E-state index in [0.717, 1.165) is 0 Å². The normalized spacial score (nSPS) is 16.6. The van der Waals surface area contributed by atoms with Crippen LogP contribution in [0.15, 0.2) is 18.2 Å². The molecule has 0 aliphatic rings. The molecule has 1 aromatic rings. The second kappa shape index (κ2) is 6.10. The zero-order valence-electron chi connectivity index (χ0n) is 10.4. The molecule has 0 bridgehead atoms. The number of halogens is 1. The highest BCUT2D eigenvalue weighted by Gasteiger charge is 2.17. The molecular formula is C13H20FNO2. The van der Waals surface area contributed by atoms with Crippen molar-refractivity contribution in [3.8, 4) is 0 Å². The Labute approximate surface area is 101 Å². The molecule has 17 heavy (non-hydrogen) atoms. The summed E-state index contributed by atoms with van der Waals surface area (Å²) < 4.78 is 13.1. The third kappa shape index (κ3) is 4.07. The lowest BCUT2D eigenvalue weighted by Gasteiger charge is -2.21. The van der Waals surface area contributed by atoms with Gasteiger partial charge in [0.05, 0.1) is 12.2 Å². The highest BCUT2D eigenvalue weighted by molar-refractivity contribution is 5.26. The van der Waals surface area contributed by atoms with Crippen molar-refractivity contribution >= 4 is 0 Å². The van der Waals surface area contributed by atoms with Gasteiger partial charge in [-0.2, -0.15) is 0 Å². The number of hydrogen-bond acceptors (Lipinski definition) is 3. The summed E-state index contributed by atoms with van der Waals surface area (Å²) >= 11 is 0. The lowest BCUT2D eigenvalue weighted by atomic mass is 10.0. The Balaban J connectivity index is 2.67. The van der Waals surface area contributed by atoms with Gasteiger partial charge in [-0.25, -0.2) is 4.39 Å². The van der Waals surface area contributed by atoms with E-state index in [9.17, 15) is 9.50 Å². The predicted octanol–water partition coefficient (Wildman–Crippen LogP) is 1.53. The van der Waals surface area contributed by atoms with Gasteiger partial charge in [0.15, 0.2) is 0 Å². The topological polar surface area (TPSA) is 52.5 Å². The molecule has 0 aliphatic carbocycles. The van der Waals surface area contributed by atoms with Crippen molar-refractivity contribution in [1.29, 1.82) is 0 Å². The Morgan fingerprint density at radius 1 is 1.29 bits per heavy atom. The summed E-state index contributed by atoms with van der Waals surface area (Å²) in [5, 5.41) is 22.2. The van der Waals surface area contributed by atoms with Crippen molar-refractivity contribution in [2.24, 2.45) is 0 Å². The summed E-state index contributed by atoms with van der Waals surface area (Å²) in [5.74, 6) is -0.273. The maximum Gasteiger partial charge on any atom is 0.126 e. The van der Waals surface area contributed by atoms with Crippen LogP contribution in [0.5, 0.6) is 0 Å². The fraction of sp³-hybridized carbons (Fsp3) is 0.538. The third-order valence-electron chi connectivity index (χ3n) is 2.73. The molecule has 0 aliphatic heterocycles. The molecule has 0 spiro atoms. The fourth-order valence-corrected chi connectivity index (χ4v) is 1.61. The van der Waals surface area contributed by atoms with Gasteiger partial charge >= 0.3 is 0 Å². The van der Waals surface area contributed by atoms with Crippen molar-refractivity contribution in [2.45, 2.75) is 39.0 Å². The Morgan fingerprint density at radius 3 is 2.47 bits per heavy atom. The summed E-state index contributed by atoms with van der Waals surface area (Å²) in [6.45, 7) is 5.58. The van der Waals surface area contributed by atoms with Gasteiger partial charge in [0.2, 0.25) is 0 Å². The van der Waals surface area contributed by atoms with Crippen molar-refractivity contribution < 1.29 is 14.6 Å². The smallest absolute Gasteiger partial charge is 0.126 e. The van der Waals surface area contributed by atoms with E-state index in [2.05, 4.69) is 5.32 Å². The standard InChI is InChI=1S/C13H20FNO2/c1-8-6-11(4-5-12(8)14)13(17)10(3)15-7-9(2)16/h4-6,9-10,13,15-17H,7H2,1-3H3. The summed E-state index contributed by atoms with van der Waals surface area (Å²) in [7, 11) is 0. The van der Waals surface area contributed by atoms with Gasteiger partial charge < -0.3 is 15.5 Å². The molecule has 0 amide bonds. The maximum absolute atomic E-state index is 13.1. The van der Waals surface area contributed by atoms with Crippen LogP contribution in [-0.4, -0.2) is 28.9 Å². The molecule has 0 saturated heterocycles. The van der Waals surface area contributed by atoms with Gasteiger partial charge in [0, 0.05) is 12.6 Å². The first-order valence-electron chi connectivity index (χ1n) is 5.77. The molecule has 1 rings (SSSR count). The second-order valence-electron chi connectivity index (χ2n) is 4.50. The lowest BCUT2D eigenvalue weighted by Crippen LogP contribution is -2.36. The van der Waals surface area contributed by atoms with Crippen LogP contribution in [-0.2, 0) is 0 Å². The van der Waals surface area contributed by atoms with Crippen molar-refractivity contribution in [3.63, 3.8) is 0 Å². The summed E-state index contributed by atoms with van der Waals surface area (Å²) in [4.78, 5) is 0. The van der Waals surface area contributed by atoms with E-state index in [-0.39, 0.29) is 11.9 Å². The number of aryl methyl sites for hydroxylation is 1. The summed E-state index contributed by atoms with van der Waals surface area (Å²) in [5.41, 5.74) is 1.19. The molecule has 3 N–H and O–H groups in total. The maximum atomic E-state index is 13.1. The van der Waals surface area contributed by atoms with Gasteiger partial charge in [-0.05, 0) is 38.0 Å². The Kier molecular flexibility index (Phi) is 5.05. The van der Waals surface area contributed by atoms with Crippen LogP contribution in [0.25, 0.3) is 0 Å². The molecule has 3 unspecified atom stereocenters. The number of hydrogen-bond donors (Lipinski definition) is 3. The molecule has 0 heterocycles. The molecular weight excluding hydrogens is 221 g/mol. The zero-order valence-corrected chi connectivity index (χ0v) is 10.4. The van der Waals surface area contributed by atoms with Crippen LogP contribution in [0.4, 0.5) is 4.39 Å². The van der Waals surface area contributed by atoms with Crippen molar-refractivity contribution in [2.75, 3.05) is 6.54 Å². The van der Waals surface area contributed by atoms with Gasteiger partial charge in [0.25, 0.3) is 0 Å². The van der Waals surface area contributed by atoms with E-state index in [1.54, 1.807) is 26.0 Å². The molecule has 0 fully saturated rings. The van der Waals surface area contributed by atoms with Gasteiger partial charge in [-0.15, -0.1) is 0 Å². The fourth-order valence-electron chi connectivity index (χ4n) is 1.61.